The Hall–Kier alpha value is -4.63. The zero-order valence-electron chi connectivity index (χ0n) is 32.9. The van der Waals surface area contributed by atoms with Crippen LogP contribution in [-0.4, -0.2) is 102 Å². The largest absolute Gasteiger partial charge is 0.507 e. The molecular weight excluding hydrogens is 712 g/mol. The number of aromatic hydroxyl groups is 2. The second-order valence-corrected chi connectivity index (χ2v) is 15.0. The summed E-state index contributed by atoms with van der Waals surface area (Å²) in [5.74, 6) is -6.63. The Morgan fingerprint density at radius 3 is 2.27 bits per heavy atom. The fourth-order valence-corrected chi connectivity index (χ4v) is 7.70. The molecule has 0 radical (unpaired) electrons. The number of morpholine rings is 1. The predicted molar refractivity (Wildman–Crippen MR) is 205 cm³/mol. The number of allylic oxidation sites excluding steroid dienone is 2. The van der Waals surface area contributed by atoms with Crippen LogP contribution in [0.25, 0.3) is 10.8 Å². The maximum absolute atomic E-state index is 14.5. The number of anilines is 2. The van der Waals surface area contributed by atoms with E-state index in [-0.39, 0.29) is 44.7 Å². The first kappa shape index (κ1) is 41.5. The van der Waals surface area contributed by atoms with E-state index in [0.717, 1.165) is 0 Å². The molecular formula is C41H54N2O12. The van der Waals surface area contributed by atoms with Gasteiger partial charge in [0.05, 0.1) is 54.4 Å². The van der Waals surface area contributed by atoms with Crippen LogP contribution >= 0.6 is 0 Å². The summed E-state index contributed by atoms with van der Waals surface area (Å²) in [6.07, 6.45) is 3.99. The number of phenols is 2. The number of aliphatic hydroxyl groups excluding tert-OH is 2. The van der Waals surface area contributed by atoms with Gasteiger partial charge in [0.25, 0.3) is 11.7 Å². The summed E-state index contributed by atoms with van der Waals surface area (Å²) in [5.41, 5.74) is 1.01. The Labute approximate surface area is 321 Å². The molecule has 5 bridgehead atoms. The summed E-state index contributed by atoms with van der Waals surface area (Å²) in [5, 5.41) is 49.1. The van der Waals surface area contributed by atoms with Gasteiger partial charge in [0, 0.05) is 79.9 Å². The molecule has 1 fully saturated rings. The molecule has 2 aromatic carbocycles. The molecule has 4 heterocycles. The number of ether oxygens (including phenoxy) is 5. The summed E-state index contributed by atoms with van der Waals surface area (Å²) in [6.45, 7) is 14.5. The Morgan fingerprint density at radius 1 is 0.964 bits per heavy atom. The lowest BCUT2D eigenvalue weighted by molar-refractivity contribution is -0.160. The number of aliphatic hydroxyl groups is 2. The van der Waals surface area contributed by atoms with Gasteiger partial charge in [-0.3, -0.25) is 14.4 Å². The van der Waals surface area contributed by atoms with Gasteiger partial charge in [0.2, 0.25) is 0 Å². The van der Waals surface area contributed by atoms with Crippen molar-refractivity contribution in [3.05, 3.63) is 53.3 Å². The number of rotatable bonds is 3. The molecule has 9 atom stereocenters. The molecule has 14 nitrogen and oxygen atoms in total. The van der Waals surface area contributed by atoms with Crippen molar-refractivity contribution in [1.82, 2.24) is 0 Å². The van der Waals surface area contributed by atoms with Crippen LogP contribution in [0.4, 0.5) is 11.4 Å². The molecule has 1 amide bonds. The zero-order chi connectivity index (χ0) is 40.5. The van der Waals surface area contributed by atoms with Crippen molar-refractivity contribution in [1.29, 1.82) is 0 Å². The number of ketones is 1. The normalized spacial score (nSPS) is 33.0. The molecule has 14 heteroatoms. The van der Waals surface area contributed by atoms with Crippen molar-refractivity contribution in [2.75, 3.05) is 43.6 Å². The first-order valence-corrected chi connectivity index (χ1v) is 18.6. The molecule has 4 aliphatic rings. The number of amides is 1. The van der Waals surface area contributed by atoms with Gasteiger partial charge in [-0.25, -0.2) is 0 Å². The number of carbonyl (C=O) groups excluding carboxylic acids is 3. The minimum absolute atomic E-state index is 0.0145. The molecule has 0 spiro atoms. The maximum Gasteiger partial charge on any atom is 0.312 e. The van der Waals surface area contributed by atoms with Gasteiger partial charge in [-0.1, -0.05) is 45.9 Å². The fraction of sp³-hybridized carbons (Fsp3) is 0.537. The number of methoxy groups -OCH3 is 1. The summed E-state index contributed by atoms with van der Waals surface area (Å²) in [7, 11) is 1.46. The topological polar surface area (TPSA) is 194 Å². The number of phenolic OH excluding ortho intramolecular Hbond substituents is 2. The number of carbonyl (C=O) groups is 3. The number of hydrogen-bond acceptors (Lipinski definition) is 13. The van der Waals surface area contributed by atoms with E-state index in [1.165, 1.54) is 27.2 Å². The molecule has 0 aromatic heterocycles. The van der Waals surface area contributed by atoms with Gasteiger partial charge in [0.15, 0.2) is 5.75 Å². The first-order valence-electron chi connectivity index (χ1n) is 18.6. The number of hydrogen-bond donors (Lipinski definition) is 5. The summed E-state index contributed by atoms with van der Waals surface area (Å²) >= 11 is 0. The highest BCUT2D eigenvalue weighted by atomic mass is 16.7. The number of benzene rings is 2. The number of Topliss-reactive ketones (excluding diaryl/α,β-unsaturated/α-hetero) is 1. The molecule has 6 rings (SSSR count). The molecule has 55 heavy (non-hydrogen) atoms. The van der Waals surface area contributed by atoms with E-state index in [9.17, 15) is 34.8 Å². The van der Waals surface area contributed by atoms with E-state index < -0.39 is 77.3 Å². The van der Waals surface area contributed by atoms with Crippen molar-refractivity contribution in [2.24, 2.45) is 23.7 Å². The molecule has 0 saturated carbocycles. The highest BCUT2D eigenvalue weighted by Crippen LogP contribution is 2.54. The third kappa shape index (κ3) is 8.04. The number of esters is 1. The predicted octanol–water partition coefficient (Wildman–Crippen LogP) is 4.89. The Balaban J connectivity index is 1.69. The van der Waals surface area contributed by atoms with Gasteiger partial charge in [-0.05, 0) is 26.0 Å². The highest BCUT2D eigenvalue weighted by molar-refractivity contribution is 6.23. The van der Waals surface area contributed by atoms with E-state index in [2.05, 4.69) is 5.32 Å². The van der Waals surface area contributed by atoms with Gasteiger partial charge in [-0.15, -0.1) is 0 Å². The monoisotopic (exact) mass is 766 g/mol. The standard InChI is InChI=1S/C41H54N2O12/c1-20-11-10-12-21(2)40(50)42-27-19-28(43-14-17-52-18-15-43)30-31(36(27)48)35(47)25(6)38-32(30)39(49)41(8,55-38)53-16-13-29(51-9)22(3)37(54-26(7)44)24(5)34(46)23(4)33(20)45/h10-13,16,19-20,22-24,29,33-34,37,45-48H,14-15,17-18H2,1-9H3,(H,42,50)/b11-10+,16-13+,21-12-/t20-,22+,23+,24-,29+,33+,34+,37+,41+/m1/s1. The summed E-state index contributed by atoms with van der Waals surface area (Å²) < 4.78 is 29.4. The molecule has 0 aliphatic carbocycles. The molecule has 4 aliphatic heterocycles. The van der Waals surface area contributed by atoms with Crippen molar-refractivity contribution in [2.45, 2.75) is 85.6 Å². The van der Waals surface area contributed by atoms with Crippen LogP contribution in [0.2, 0.25) is 0 Å². The van der Waals surface area contributed by atoms with Crippen LogP contribution in [0.15, 0.2) is 42.2 Å². The molecule has 2 aromatic rings. The van der Waals surface area contributed by atoms with E-state index in [1.54, 1.807) is 71.9 Å². The highest BCUT2D eigenvalue weighted by Gasteiger charge is 2.49. The van der Waals surface area contributed by atoms with E-state index >= 15 is 0 Å². The second kappa shape index (κ2) is 16.6. The molecule has 5 N–H and O–H groups in total. The van der Waals surface area contributed by atoms with E-state index in [1.807, 2.05) is 4.90 Å². The maximum atomic E-state index is 14.5. The van der Waals surface area contributed by atoms with Crippen LogP contribution in [0.1, 0.15) is 64.4 Å². The van der Waals surface area contributed by atoms with Crippen LogP contribution < -0.4 is 15.0 Å². The van der Waals surface area contributed by atoms with Gasteiger partial charge < -0.3 is 54.3 Å². The Bertz CT molecular complexity index is 1900. The van der Waals surface area contributed by atoms with Crippen LogP contribution in [0.5, 0.6) is 17.2 Å². The third-order valence-corrected chi connectivity index (χ3v) is 11.2. The van der Waals surface area contributed by atoms with Crippen molar-refractivity contribution < 1.29 is 58.5 Å². The van der Waals surface area contributed by atoms with Crippen molar-refractivity contribution in [3.63, 3.8) is 0 Å². The summed E-state index contributed by atoms with van der Waals surface area (Å²) in [6, 6.07) is 1.57. The average Bonchev–Trinajstić information content (AvgIpc) is 3.42. The molecule has 300 valence electrons. The minimum Gasteiger partial charge on any atom is -0.507 e. The van der Waals surface area contributed by atoms with E-state index in [0.29, 0.717) is 32.0 Å². The lowest BCUT2D eigenvalue weighted by atomic mass is 9.78. The average molecular weight is 767 g/mol. The van der Waals surface area contributed by atoms with Crippen LogP contribution in [0, 0.1) is 30.6 Å². The zero-order valence-corrected chi connectivity index (χ0v) is 32.9. The quantitative estimate of drug-likeness (QED) is 0.210. The van der Waals surface area contributed by atoms with Crippen molar-refractivity contribution in [3.8, 4) is 17.2 Å². The molecule has 1 saturated heterocycles. The van der Waals surface area contributed by atoms with Gasteiger partial charge in [-0.2, -0.15) is 0 Å². The van der Waals surface area contributed by atoms with E-state index in [4.69, 9.17) is 23.7 Å². The minimum atomic E-state index is -1.92. The van der Waals surface area contributed by atoms with Gasteiger partial charge >= 0.3 is 11.8 Å². The smallest absolute Gasteiger partial charge is 0.312 e. The number of nitrogens with zero attached hydrogens (tertiary/aromatic N) is 1. The Kier molecular flexibility index (Phi) is 12.5. The SMILES string of the molecule is CO[C@H]1/C=C/O[C@@]2(C)Oc3c(C)c(O)c4c(O)c(cc(N5CCOCC5)c4c3C2=O)NC(=O)/C(C)=C\C=C\[C@@H](C)[C@H](O)[C@H](C)[C@H](O)[C@@H](C)[C@@H](OC(C)=O)[C@H]1C. The summed E-state index contributed by atoms with van der Waals surface area (Å²) in [4.78, 5) is 42.3. The number of nitrogens with one attached hydrogen (secondary N) is 1. The molecule has 0 unspecified atom stereocenters. The van der Waals surface area contributed by atoms with Crippen molar-refractivity contribution >= 4 is 39.8 Å². The van der Waals surface area contributed by atoms with Crippen LogP contribution in [0.3, 0.4) is 0 Å². The lowest BCUT2D eigenvalue weighted by Crippen LogP contribution is -2.46. The number of fused-ring (bicyclic) bond motifs is 14. The fourth-order valence-electron chi connectivity index (χ4n) is 7.70. The third-order valence-electron chi connectivity index (χ3n) is 11.2. The second-order valence-electron chi connectivity index (χ2n) is 15.0. The Morgan fingerprint density at radius 2 is 1.64 bits per heavy atom. The first-order chi connectivity index (χ1) is 25.9. The van der Waals surface area contributed by atoms with Gasteiger partial charge in [0.1, 0.15) is 17.6 Å². The van der Waals surface area contributed by atoms with Crippen LogP contribution in [-0.2, 0) is 28.5 Å². The lowest BCUT2D eigenvalue weighted by Gasteiger charge is -2.38.